The van der Waals surface area contributed by atoms with E-state index in [2.05, 4.69) is 21.8 Å². The maximum atomic E-state index is 13.0. The van der Waals surface area contributed by atoms with Crippen LogP contribution in [0, 0.1) is 0 Å². The summed E-state index contributed by atoms with van der Waals surface area (Å²) in [5, 5.41) is 3.88. The van der Waals surface area contributed by atoms with E-state index in [1.807, 2.05) is 50.2 Å². The van der Waals surface area contributed by atoms with Gasteiger partial charge in [-0.1, -0.05) is 39.0 Å². The standard InChI is InChI=1S/C26H31N5O3S/c1-4-15-31-24-12-11-21(35(33,34)30(5-2)6-3)17-23(24)29-25(31)13-14-26(32)28-20-16-19-9-7-8-10-22(19)27-18-20/h7-12,16-18H,4-6,13-15H2,1-3H3,(H,28,32). The first-order valence-corrected chi connectivity index (χ1v) is 13.4. The number of para-hydroxylation sites is 1. The molecule has 0 aliphatic heterocycles. The van der Waals surface area contributed by atoms with E-state index >= 15 is 0 Å². The lowest BCUT2D eigenvalue weighted by atomic mass is 10.2. The minimum absolute atomic E-state index is 0.123. The van der Waals surface area contributed by atoms with Crippen LogP contribution in [0.5, 0.6) is 0 Å². The largest absolute Gasteiger partial charge is 0.328 e. The maximum absolute atomic E-state index is 13.0. The third-order valence-corrected chi connectivity index (χ3v) is 8.08. The highest BCUT2D eigenvalue weighted by molar-refractivity contribution is 7.89. The summed E-state index contributed by atoms with van der Waals surface area (Å²) < 4.78 is 29.4. The van der Waals surface area contributed by atoms with Crippen molar-refractivity contribution < 1.29 is 13.2 Å². The van der Waals surface area contributed by atoms with Crippen LogP contribution in [0.1, 0.15) is 39.4 Å². The minimum Gasteiger partial charge on any atom is -0.328 e. The highest BCUT2D eigenvalue weighted by atomic mass is 32.2. The average Bonchev–Trinajstić information content (AvgIpc) is 3.20. The summed E-state index contributed by atoms with van der Waals surface area (Å²) in [4.78, 5) is 22.0. The van der Waals surface area contributed by atoms with Gasteiger partial charge in [0.2, 0.25) is 15.9 Å². The van der Waals surface area contributed by atoms with Crippen LogP contribution in [0.15, 0.2) is 59.6 Å². The first-order chi connectivity index (χ1) is 16.9. The Balaban J connectivity index is 1.54. The fourth-order valence-electron chi connectivity index (χ4n) is 4.28. The van der Waals surface area contributed by atoms with Crippen LogP contribution in [0.2, 0.25) is 0 Å². The van der Waals surface area contributed by atoms with E-state index in [1.54, 1.807) is 18.3 Å². The number of carbonyl (C=O) groups is 1. The molecule has 0 aliphatic rings. The van der Waals surface area contributed by atoms with Gasteiger partial charge in [-0.3, -0.25) is 9.78 Å². The molecule has 8 nitrogen and oxygen atoms in total. The van der Waals surface area contributed by atoms with E-state index < -0.39 is 10.0 Å². The van der Waals surface area contributed by atoms with Crippen LogP contribution in [0.25, 0.3) is 21.9 Å². The molecule has 2 aromatic carbocycles. The van der Waals surface area contributed by atoms with Gasteiger partial charge in [0.15, 0.2) is 0 Å². The second kappa shape index (κ2) is 10.5. The molecule has 4 aromatic rings. The van der Waals surface area contributed by atoms with Crippen LogP contribution < -0.4 is 5.32 Å². The summed E-state index contributed by atoms with van der Waals surface area (Å²) in [7, 11) is -3.57. The van der Waals surface area contributed by atoms with Crippen LogP contribution >= 0.6 is 0 Å². The zero-order valence-electron chi connectivity index (χ0n) is 20.4. The molecule has 0 saturated heterocycles. The third kappa shape index (κ3) is 5.21. The van der Waals surface area contributed by atoms with Crippen molar-refractivity contribution in [1.82, 2.24) is 18.8 Å². The molecule has 4 rings (SSSR count). The molecule has 35 heavy (non-hydrogen) atoms. The van der Waals surface area contributed by atoms with Gasteiger partial charge in [0, 0.05) is 37.9 Å². The van der Waals surface area contributed by atoms with Crippen molar-refractivity contribution in [3.05, 3.63) is 60.6 Å². The smallest absolute Gasteiger partial charge is 0.243 e. The van der Waals surface area contributed by atoms with Gasteiger partial charge in [-0.25, -0.2) is 13.4 Å². The van der Waals surface area contributed by atoms with Crippen molar-refractivity contribution in [2.75, 3.05) is 18.4 Å². The van der Waals surface area contributed by atoms with E-state index in [4.69, 9.17) is 4.98 Å². The average molecular weight is 494 g/mol. The lowest BCUT2D eigenvalue weighted by molar-refractivity contribution is -0.116. The second-order valence-electron chi connectivity index (χ2n) is 8.38. The van der Waals surface area contributed by atoms with Crippen molar-refractivity contribution in [3.63, 3.8) is 0 Å². The van der Waals surface area contributed by atoms with Gasteiger partial charge >= 0.3 is 0 Å². The number of carbonyl (C=O) groups excluding carboxylic acids is 1. The Morgan fingerprint density at radius 2 is 1.80 bits per heavy atom. The molecular formula is C26H31N5O3S. The van der Waals surface area contributed by atoms with Crippen LogP contribution in [0.3, 0.4) is 0 Å². The Morgan fingerprint density at radius 3 is 2.54 bits per heavy atom. The van der Waals surface area contributed by atoms with Gasteiger partial charge in [0.25, 0.3) is 0 Å². The van der Waals surface area contributed by atoms with E-state index in [1.165, 1.54) is 4.31 Å². The summed E-state index contributed by atoms with van der Waals surface area (Å²) >= 11 is 0. The molecule has 2 aromatic heterocycles. The van der Waals surface area contributed by atoms with Crippen LogP contribution in [-0.2, 0) is 27.8 Å². The Hall–Kier alpha value is -3.30. The predicted molar refractivity (Wildman–Crippen MR) is 139 cm³/mol. The monoisotopic (exact) mass is 493 g/mol. The summed E-state index contributed by atoms with van der Waals surface area (Å²) in [5.74, 6) is 0.646. The highest BCUT2D eigenvalue weighted by Gasteiger charge is 2.23. The molecule has 0 radical (unpaired) electrons. The number of pyridine rings is 1. The topological polar surface area (TPSA) is 97.2 Å². The lowest BCUT2D eigenvalue weighted by Gasteiger charge is -2.18. The number of fused-ring (bicyclic) bond motifs is 2. The van der Waals surface area contributed by atoms with Crippen molar-refractivity contribution in [3.8, 4) is 0 Å². The zero-order valence-corrected chi connectivity index (χ0v) is 21.2. The number of amides is 1. The molecular weight excluding hydrogens is 462 g/mol. The Morgan fingerprint density at radius 1 is 1.03 bits per heavy atom. The number of nitrogens with zero attached hydrogens (tertiary/aromatic N) is 4. The zero-order chi connectivity index (χ0) is 25.0. The molecule has 9 heteroatoms. The predicted octanol–water partition coefficient (Wildman–Crippen LogP) is 4.60. The quantitative estimate of drug-likeness (QED) is 0.348. The molecule has 0 fully saturated rings. The molecule has 0 unspecified atom stereocenters. The van der Waals surface area contributed by atoms with Gasteiger partial charge in [0.05, 0.1) is 33.3 Å². The van der Waals surface area contributed by atoms with Gasteiger partial charge in [-0.2, -0.15) is 4.31 Å². The molecule has 2 heterocycles. The highest BCUT2D eigenvalue weighted by Crippen LogP contribution is 2.24. The first kappa shape index (κ1) is 24.8. The fourth-order valence-corrected chi connectivity index (χ4v) is 5.76. The number of hydrogen-bond donors (Lipinski definition) is 1. The molecule has 0 atom stereocenters. The molecule has 1 N–H and O–H groups in total. The fraction of sp³-hybridized carbons (Fsp3) is 0.346. The maximum Gasteiger partial charge on any atom is 0.243 e. The second-order valence-corrected chi connectivity index (χ2v) is 10.3. The Bertz CT molecular complexity index is 1460. The normalized spacial score (nSPS) is 12.0. The van der Waals surface area contributed by atoms with Gasteiger partial charge in [-0.15, -0.1) is 0 Å². The summed E-state index contributed by atoms with van der Waals surface area (Å²) in [6.07, 6.45) is 3.25. The number of hydrogen-bond acceptors (Lipinski definition) is 5. The number of nitrogens with one attached hydrogen (secondary N) is 1. The van der Waals surface area contributed by atoms with Crippen LogP contribution in [0.4, 0.5) is 5.69 Å². The van der Waals surface area contributed by atoms with Gasteiger partial charge in [-0.05, 0) is 36.8 Å². The van der Waals surface area contributed by atoms with Gasteiger partial charge < -0.3 is 9.88 Å². The number of rotatable bonds is 10. The number of imidazole rings is 1. The number of aryl methyl sites for hydroxylation is 2. The van der Waals surface area contributed by atoms with Gasteiger partial charge in [0.1, 0.15) is 5.82 Å². The van der Waals surface area contributed by atoms with E-state index in [0.717, 1.165) is 35.2 Å². The van der Waals surface area contributed by atoms with Crippen LogP contribution in [-0.4, -0.2) is 46.3 Å². The summed E-state index contributed by atoms with van der Waals surface area (Å²) in [6.45, 7) is 7.29. The third-order valence-electron chi connectivity index (χ3n) is 6.04. The lowest BCUT2D eigenvalue weighted by Crippen LogP contribution is -2.30. The van der Waals surface area contributed by atoms with Crippen molar-refractivity contribution in [2.24, 2.45) is 0 Å². The first-order valence-electron chi connectivity index (χ1n) is 12.0. The molecule has 184 valence electrons. The number of aromatic nitrogens is 3. The number of benzene rings is 2. The Labute approximate surface area is 206 Å². The van der Waals surface area contributed by atoms with E-state index in [0.29, 0.717) is 30.7 Å². The van der Waals surface area contributed by atoms with Crippen molar-refractivity contribution >= 4 is 43.6 Å². The molecule has 0 spiro atoms. The summed E-state index contributed by atoms with van der Waals surface area (Å²) in [5.41, 5.74) is 3.03. The molecule has 0 bridgehead atoms. The molecule has 0 saturated carbocycles. The van der Waals surface area contributed by atoms with Crippen molar-refractivity contribution in [1.29, 1.82) is 0 Å². The number of anilines is 1. The summed E-state index contributed by atoms with van der Waals surface area (Å²) in [6, 6.07) is 14.8. The molecule has 1 amide bonds. The number of sulfonamides is 1. The van der Waals surface area contributed by atoms with Crippen molar-refractivity contribution in [2.45, 2.75) is 51.5 Å². The SMILES string of the molecule is CCCn1c(CCC(=O)Nc2cnc3ccccc3c2)nc2cc(S(=O)(=O)N(CC)CC)ccc21. The Kier molecular flexibility index (Phi) is 7.47. The van der Waals surface area contributed by atoms with E-state index in [-0.39, 0.29) is 17.2 Å². The van der Waals surface area contributed by atoms with E-state index in [9.17, 15) is 13.2 Å². The molecule has 0 aliphatic carbocycles. The minimum atomic E-state index is -3.57.